The fraction of sp³-hybridized carbons (Fsp3) is 0.471. The van der Waals surface area contributed by atoms with Gasteiger partial charge in [-0.25, -0.2) is 9.18 Å². The highest BCUT2D eigenvalue weighted by molar-refractivity contribution is 5.89. The molecule has 0 aromatic heterocycles. The second kappa shape index (κ2) is 7.28. The summed E-state index contributed by atoms with van der Waals surface area (Å²) in [6.07, 6.45) is -1.06. The van der Waals surface area contributed by atoms with E-state index in [1.165, 1.54) is 17.9 Å². The van der Waals surface area contributed by atoms with Crippen molar-refractivity contribution in [1.29, 1.82) is 0 Å². The number of amides is 2. The van der Waals surface area contributed by atoms with Crippen LogP contribution in [0.3, 0.4) is 0 Å². The first-order chi connectivity index (χ1) is 12.3. The van der Waals surface area contributed by atoms with Gasteiger partial charge in [0.25, 0.3) is 0 Å². The fourth-order valence-corrected chi connectivity index (χ4v) is 3.20. The van der Waals surface area contributed by atoms with Gasteiger partial charge in [-0.2, -0.15) is 0 Å². The zero-order valence-corrected chi connectivity index (χ0v) is 14.3. The maximum atomic E-state index is 14.5. The highest BCUT2D eigenvalue weighted by Gasteiger charge is 2.34. The van der Waals surface area contributed by atoms with E-state index in [9.17, 15) is 18.8 Å². The summed E-state index contributed by atoms with van der Waals surface area (Å²) in [6.45, 7) is 2.75. The van der Waals surface area contributed by atoms with E-state index in [-0.39, 0.29) is 31.5 Å². The molecule has 2 N–H and O–H groups in total. The van der Waals surface area contributed by atoms with E-state index in [4.69, 9.17) is 9.84 Å². The summed E-state index contributed by atoms with van der Waals surface area (Å²) in [7, 11) is 0. The molecule has 3 rings (SSSR count). The first kappa shape index (κ1) is 18.1. The third-order valence-corrected chi connectivity index (χ3v) is 4.50. The van der Waals surface area contributed by atoms with Crippen molar-refractivity contribution in [3.05, 3.63) is 29.6 Å². The van der Waals surface area contributed by atoms with Crippen LogP contribution in [0.1, 0.15) is 18.4 Å². The highest BCUT2D eigenvalue weighted by Crippen LogP contribution is 2.31. The Hall–Kier alpha value is -2.68. The number of anilines is 1. The number of nitrogens with one attached hydrogen (secondary N) is 1. The van der Waals surface area contributed by atoms with E-state index in [1.807, 2.05) is 0 Å². The van der Waals surface area contributed by atoms with Gasteiger partial charge in [-0.1, -0.05) is 6.07 Å². The number of benzene rings is 1. The minimum Gasteiger partial charge on any atom is -0.480 e. The van der Waals surface area contributed by atoms with Crippen molar-refractivity contribution in [2.45, 2.75) is 18.9 Å². The number of ether oxygens (including phenoxy) is 1. The van der Waals surface area contributed by atoms with Crippen molar-refractivity contribution in [1.82, 2.24) is 10.2 Å². The topological polar surface area (TPSA) is 99.2 Å². The molecule has 1 aromatic rings. The summed E-state index contributed by atoms with van der Waals surface area (Å²) in [4.78, 5) is 36.6. The van der Waals surface area contributed by atoms with Gasteiger partial charge in [0, 0.05) is 25.9 Å². The molecule has 0 saturated carbocycles. The van der Waals surface area contributed by atoms with Gasteiger partial charge in [0.1, 0.15) is 11.9 Å². The number of carbonyl (C=O) groups excluding carboxylic acids is 2. The Morgan fingerprint density at radius 1 is 1.35 bits per heavy atom. The Kier molecular flexibility index (Phi) is 5.08. The third-order valence-electron chi connectivity index (χ3n) is 4.50. The highest BCUT2D eigenvalue weighted by atomic mass is 19.1. The average Bonchev–Trinajstić information content (AvgIpc) is 2.90. The normalized spacial score (nSPS) is 20.6. The lowest BCUT2D eigenvalue weighted by molar-refractivity contribution is -0.139. The molecule has 0 aliphatic carbocycles. The predicted octanol–water partition coefficient (Wildman–Crippen LogP) is 0.771. The van der Waals surface area contributed by atoms with Gasteiger partial charge in [-0.3, -0.25) is 19.4 Å². The molecule has 0 radical (unpaired) electrons. The second-order valence-corrected chi connectivity index (χ2v) is 6.54. The molecule has 2 fully saturated rings. The van der Waals surface area contributed by atoms with Crippen LogP contribution in [0.4, 0.5) is 14.9 Å². The molecule has 2 amide bonds. The number of carboxylic acid groups (broad SMARTS) is 1. The molecule has 26 heavy (non-hydrogen) atoms. The summed E-state index contributed by atoms with van der Waals surface area (Å²) >= 11 is 0. The van der Waals surface area contributed by atoms with Gasteiger partial charge in [-0.15, -0.1) is 0 Å². The maximum absolute atomic E-state index is 14.5. The summed E-state index contributed by atoms with van der Waals surface area (Å²) < 4.78 is 19.6. The number of hydrogen-bond donors (Lipinski definition) is 2. The predicted molar refractivity (Wildman–Crippen MR) is 89.5 cm³/mol. The van der Waals surface area contributed by atoms with Gasteiger partial charge in [0.05, 0.1) is 25.3 Å². The van der Waals surface area contributed by atoms with E-state index in [0.717, 1.165) is 0 Å². The van der Waals surface area contributed by atoms with Crippen molar-refractivity contribution in [2.75, 3.05) is 37.6 Å². The zero-order chi connectivity index (χ0) is 18.8. The zero-order valence-electron chi connectivity index (χ0n) is 14.3. The van der Waals surface area contributed by atoms with E-state index in [1.54, 1.807) is 17.0 Å². The summed E-state index contributed by atoms with van der Waals surface area (Å²) in [5.41, 5.74) is 0.904. The quantitative estimate of drug-likeness (QED) is 0.773. The molecule has 2 heterocycles. The first-order valence-electron chi connectivity index (χ1n) is 8.29. The number of carboxylic acids is 1. The van der Waals surface area contributed by atoms with E-state index < -0.39 is 24.0 Å². The van der Waals surface area contributed by atoms with Gasteiger partial charge in [-0.05, 0) is 17.7 Å². The SMILES string of the molecule is CC(=O)NC[C@H]1CN(c2ccc(C3CN(CC(=O)O)C3)c(F)c2)C(=O)O1. The monoisotopic (exact) mass is 365 g/mol. The molecule has 0 bridgehead atoms. The lowest BCUT2D eigenvalue weighted by Gasteiger charge is -2.38. The Morgan fingerprint density at radius 3 is 2.69 bits per heavy atom. The van der Waals surface area contributed by atoms with Gasteiger partial charge in [0.2, 0.25) is 5.91 Å². The van der Waals surface area contributed by atoms with Crippen molar-refractivity contribution in [2.24, 2.45) is 0 Å². The van der Waals surface area contributed by atoms with Crippen LogP contribution in [-0.4, -0.2) is 66.8 Å². The van der Waals surface area contributed by atoms with Crippen LogP contribution in [0.25, 0.3) is 0 Å². The number of aliphatic carboxylic acids is 1. The molecule has 8 nitrogen and oxygen atoms in total. The van der Waals surface area contributed by atoms with Crippen molar-refractivity contribution >= 4 is 23.7 Å². The summed E-state index contributed by atoms with van der Waals surface area (Å²) in [5.74, 6) is -1.60. The van der Waals surface area contributed by atoms with Crippen LogP contribution in [0.2, 0.25) is 0 Å². The minimum absolute atomic E-state index is 0.0501. The molecule has 0 spiro atoms. The Morgan fingerprint density at radius 2 is 2.08 bits per heavy atom. The van der Waals surface area contributed by atoms with E-state index >= 15 is 0 Å². The van der Waals surface area contributed by atoms with Crippen LogP contribution in [0.15, 0.2) is 18.2 Å². The molecule has 2 aliphatic heterocycles. The fourth-order valence-electron chi connectivity index (χ4n) is 3.20. The van der Waals surface area contributed by atoms with E-state index in [0.29, 0.717) is 24.3 Å². The number of likely N-dealkylation sites (tertiary alicyclic amines) is 1. The van der Waals surface area contributed by atoms with Gasteiger partial charge < -0.3 is 15.2 Å². The van der Waals surface area contributed by atoms with Crippen LogP contribution in [0.5, 0.6) is 0 Å². The molecule has 2 saturated heterocycles. The minimum atomic E-state index is -0.902. The molecule has 1 aromatic carbocycles. The Bertz CT molecular complexity index is 735. The van der Waals surface area contributed by atoms with Crippen LogP contribution < -0.4 is 10.2 Å². The number of cyclic esters (lactones) is 1. The number of rotatable bonds is 6. The molecule has 1 atom stereocenters. The smallest absolute Gasteiger partial charge is 0.414 e. The Labute approximate surface area is 149 Å². The molecule has 2 aliphatic rings. The standard InChI is InChI=1S/C17H20FN3O5/c1-10(22)19-5-13-8-21(17(25)26-13)12-2-3-14(15(18)4-12)11-6-20(7-11)9-16(23)24/h2-4,11,13H,5-9H2,1H3,(H,19,22)(H,23,24)/t13-/m0/s1. The van der Waals surface area contributed by atoms with Crippen LogP contribution in [-0.2, 0) is 14.3 Å². The van der Waals surface area contributed by atoms with Crippen molar-refractivity contribution in [3.8, 4) is 0 Å². The molecule has 140 valence electrons. The largest absolute Gasteiger partial charge is 0.480 e. The lowest BCUT2D eigenvalue weighted by Crippen LogP contribution is -2.47. The average molecular weight is 365 g/mol. The first-order valence-corrected chi connectivity index (χ1v) is 8.29. The van der Waals surface area contributed by atoms with Gasteiger partial charge in [0.15, 0.2) is 0 Å². The molecule has 0 unspecified atom stereocenters. The Balaban J connectivity index is 1.62. The van der Waals surface area contributed by atoms with E-state index in [2.05, 4.69) is 5.32 Å². The van der Waals surface area contributed by atoms with Crippen molar-refractivity contribution < 1.29 is 28.6 Å². The molecular weight excluding hydrogens is 345 g/mol. The summed E-state index contributed by atoms with van der Waals surface area (Å²) in [5, 5.41) is 11.3. The third kappa shape index (κ3) is 3.93. The molecule has 9 heteroatoms. The van der Waals surface area contributed by atoms with Gasteiger partial charge >= 0.3 is 12.1 Å². The number of carbonyl (C=O) groups is 3. The second-order valence-electron chi connectivity index (χ2n) is 6.54. The number of halogens is 1. The van der Waals surface area contributed by atoms with Crippen LogP contribution >= 0.6 is 0 Å². The maximum Gasteiger partial charge on any atom is 0.414 e. The molecular formula is C17H20FN3O5. The number of hydrogen-bond acceptors (Lipinski definition) is 5. The lowest BCUT2D eigenvalue weighted by atomic mass is 9.91. The van der Waals surface area contributed by atoms with Crippen LogP contribution in [0, 0.1) is 5.82 Å². The van der Waals surface area contributed by atoms with Crippen molar-refractivity contribution in [3.63, 3.8) is 0 Å². The number of nitrogens with zero attached hydrogens (tertiary/aromatic N) is 2. The summed E-state index contributed by atoms with van der Waals surface area (Å²) in [6, 6.07) is 4.57.